The van der Waals surface area contributed by atoms with Gasteiger partial charge in [0.25, 0.3) is 0 Å². The molecule has 0 spiro atoms. The summed E-state index contributed by atoms with van der Waals surface area (Å²) in [6.07, 6.45) is 0. The monoisotopic (exact) mass is 178 g/mol. The van der Waals surface area contributed by atoms with Crippen LogP contribution in [0.25, 0.3) is 0 Å². The van der Waals surface area contributed by atoms with E-state index in [1.165, 1.54) is 5.56 Å². The van der Waals surface area contributed by atoms with Gasteiger partial charge in [0.15, 0.2) is 0 Å². The van der Waals surface area contributed by atoms with Gasteiger partial charge in [0.1, 0.15) is 5.75 Å². The molecule has 1 aromatic rings. The maximum absolute atomic E-state index is 9.12. The molecule has 0 saturated carbocycles. The highest BCUT2D eigenvalue weighted by atomic mass is 16.3. The van der Waals surface area contributed by atoms with Crippen molar-refractivity contribution in [2.24, 2.45) is 5.73 Å². The largest absolute Gasteiger partial charge is 0.508 e. The Bertz CT molecular complexity index is 283. The minimum Gasteiger partial charge on any atom is -0.508 e. The Morgan fingerprint density at radius 3 is 2.46 bits per heavy atom. The van der Waals surface area contributed by atoms with E-state index in [2.05, 4.69) is 5.32 Å². The molecule has 1 saturated heterocycles. The predicted molar refractivity (Wildman–Crippen MR) is 51.7 cm³/mol. The second-order valence-electron chi connectivity index (χ2n) is 3.52. The first-order valence-electron chi connectivity index (χ1n) is 4.52. The second-order valence-corrected chi connectivity index (χ2v) is 3.52. The highest BCUT2D eigenvalue weighted by Gasteiger charge is 2.24. The van der Waals surface area contributed by atoms with Gasteiger partial charge in [0, 0.05) is 25.0 Å². The van der Waals surface area contributed by atoms with Crippen LogP contribution in [-0.2, 0) is 0 Å². The number of phenolic OH excluding ortho intramolecular Hbond substituents is 1. The van der Waals surface area contributed by atoms with Crippen molar-refractivity contribution >= 4 is 0 Å². The molecule has 2 rings (SSSR count). The number of nitrogens with two attached hydrogens (primary N) is 1. The molecule has 13 heavy (non-hydrogen) atoms. The molecule has 3 heteroatoms. The van der Waals surface area contributed by atoms with Gasteiger partial charge < -0.3 is 16.2 Å². The summed E-state index contributed by atoms with van der Waals surface area (Å²) in [5, 5.41) is 12.4. The maximum Gasteiger partial charge on any atom is 0.115 e. The molecule has 1 fully saturated rings. The van der Waals surface area contributed by atoms with Crippen molar-refractivity contribution in [3.63, 3.8) is 0 Å². The van der Waals surface area contributed by atoms with Crippen LogP contribution in [0.3, 0.4) is 0 Å². The molecule has 0 radical (unpaired) electrons. The summed E-state index contributed by atoms with van der Waals surface area (Å²) < 4.78 is 0. The van der Waals surface area contributed by atoms with Gasteiger partial charge in [-0.2, -0.15) is 0 Å². The smallest absolute Gasteiger partial charge is 0.115 e. The molecule has 1 aliphatic rings. The van der Waals surface area contributed by atoms with Crippen LogP contribution in [0.2, 0.25) is 0 Å². The summed E-state index contributed by atoms with van der Waals surface area (Å²) >= 11 is 0. The zero-order valence-electron chi connectivity index (χ0n) is 7.40. The third kappa shape index (κ3) is 1.66. The van der Waals surface area contributed by atoms with Crippen LogP contribution < -0.4 is 11.1 Å². The molecule has 70 valence electrons. The molecule has 1 heterocycles. The molecule has 0 amide bonds. The van der Waals surface area contributed by atoms with E-state index < -0.39 is 0 Å². The van der Waals surface area contributed by atoms with Crippen molar-refractivity contribution in [2.45, 2.75) is 12.0 Å². The molecule has 0 aliphatic carbocycles. The number of hydrogen-bond acceptors (Lipinski definition) is 3. The number of aromatic hydroxyl groups is 1. The highest BCUT2D eigenvalue weighted by Crippen LogP contribution is 2.23. The van der Waals surface area contributed by atoms with Gasteiger partial charge in [0.2, 0.25) is 0 Å². The Kier molecular flexibility index (Phi) is 2.20. The summed E-state index contributed by atoms with van der Waals surface area (Å²) in [7, 11) is 0. The number of phenols is 1. The summed E-state index contributed by atoms with van der Waals surface area (Å²) in [6.45, 7) is 1.82. The van der Waals surface area contributed by atoms with Crippen LogP contribution in [0.5, 0.6) is 5.75 Å². The Morgan fingerprint density at radius 2 is 1.92 bits per heavy atom. The Morgan fingerprint density at radius 1 is 1.23 bits per heavy atom. The van der Waals surface area contributed by atoms with Crippen LogP contribution in [0.15, 0.2) is 24.3 Å². The van der Waals surface area contributed by atoms with Gasteiger partial charge in [-0.05, 0) is 17.7 Å². The zero-order valence-corrected chi connectivity index (χ0v) is 7.40. The van der Waals surface area contributed by atoms with E-state index >= 15 is 0 Å². The first-order valence-corrected chi connectivity index (χ1v) is 4.52. The first-order chi connectivity index (χ1) is 6.27. The fraction of sp³-hybridized carbons (Fsp3) is 0.400. The standard InChI is InChI=1S/C10H14N2O/c11-10-6-12-5-9(10)7-1-3-8(13)4-2-7/h1-4,9-10,12-13H,5-6,11H2. The minimum atomic E-state index is 0.199. The summed E-state index contributed by atoms with van der Waals surface area (Å²) in [6, 6.07) is 7.49. The third-order valence-electron chi connectivity index (χ3n) is 2.58. The van der Waals surface area contributed by atoms with Crippen molar-refractivity contribution in [1.82, 2.24) is 5.32 Å². The average Bonchev–Trinajstić information content (AvgIpc) is 2.53. The molecule has 3 nitrogen and oxygen atoms in total. The van der Waals surface area contributed by atoms with E-state index in [0.717, 1.165) is 13.1 Å². The molecule has 1 aromatic carbocycles. The lowest BCUT2D eigenvalue weighted by Gasteiger charge is -2.14. The molecule has 2 unspecified atom stereocenters. The van der Waals surface area contributed by atoms with Gasteiger partial charge in [-0.15, -0.1) is 0 Å². The SMILES string of the molecule is NC1CNCC1c1ccc(O)cc1. The molecule has 0 bridgehead atoms. The number of rotatable bonds is 1. The van der Waals surface area contributed by atoms with E-state index in [9.17, 15) is 0 Å². The molecule has 4 N–H and O–H groups in total. The topological polar surface area (TPSA) is 58.3 Å². The Balaban J connectivity index is 2.20. The van der Waals surface area contributed by atoms with E-state index in [0.29, 0.717) is 11.7 Å². The predicted octanol–water partition coefficient (Wildman–Crippen LogP) is 0.406. The third-order valence-corrected chi connectivity index (χ3v) is 2.58. The Hall–Kier alpha value is -1.06. The zero-order chi connectivity index (χ0) is 9.26. The lowest BCUT2D eigenvalue weighted by atomic mass is 9.95. The molecule has 2 atom stereocenters. The number of benzene rings is 1. The lowest BCUT2D eigenvalue weighted by molar-refractivity contribution is 0.474. The van der Waals surface area contributed by atoms with Crippen molar-refractivity contribution in [3.05, 3.63) is 29.8 Å². The van der Waals surface area contributed by atoms with E-state index in [-0.39, 0.29) is 6.04 Å². The normalized spacial score (nSPS) is 27.8. The van der Waals surface area contributed by atoms with Crippen LogP contribution in [0, 0.1) is 0 Å². The number of nitrogens with one attached hydrogen (secondary N) is 1. The Labute approximate surface area is 77.6 Å². The number of hydrogen-bond donors (Lipinski definition) is 3. The second kappa shape index (κ2) is 3.36. The van der Waals surface area contributed by atoms with E-state index in [1.807, 2.05) is 12.1 Å². The van der Waals surface area contributed by atoms with Crippen molar-refractivity contribution in [1.29, 1.82) is 0 Å². The summed E-state index contributed by atoms with van der Waals surface area (Å²) in [4.78, 5) is 0. The maximum atomic E-state index is 9.12. The fourth-order valence-corrected chi connectivity index (χ4v) is 1.79. The summed E-state index contributed by atoms with van der Waals surface area (Å²) in [5.41, 5.74) is 7.13. The van der Waals surface area contributed by atoms with Crippen molar-refractivity contribution in [2.75, 3.05) is 13.1 Å². The average molecular weight is 178 g/mol. The van der Waals surface area contributed by atoms with Crippen molar-refractivity contribution < 1.29 is 5.11 Å². The van der Waals surface area contributed by atoms with Gasteiger partial charge in [-0.1, -0.05) is 12.1 Å². The molecule has 1 aliphatic heterocycles. The summed E-state index contributed by atoms with van der Waals surface area (Å²) in [5.74, 6) is 0.698. The fourth-order valence-electron chi connectivity index (χ4n) is 1.79. The van der Waals surface area contributed by atoms with Crippen LogP contribution in [0.1, 0.15) is 11.5 Å². The van der Waals surface area contributed by atoms with Crippen LogP contribution in [0.4, 0.5) is 0 Å². The highest BCUT2D eigenvalue weighted by molar-refractivity contribution is 5.30. The van der Waals surface area contributed by atoms with E-state index in [1.54, 1.807) is 12.1 Å². The van der Waals surface area contributed by atoms with Gasteiger partial charge in [-0.3, -0.25) is 0 Å². The lowest BCUT2D eigenvalue weighted by Crippen LogP contribution is -2.27. The van der Waals surface area contributed by atoms with Gasteiger partial charge in [0.05, 0.1) is 0 Å². The van der Waals surface area contributed by atoms with Gasteiger partial charge in [-0.25, -0.2) is 0 Å². The van der Waals surface area contributed by atoms with Gasteiger partial charge >= 0.3 is 0 Å². The van der Waals surface area contributed by atoms with Crippen molar-refractivity contribution in [3.8, 4) is 5.75 Å². The molecular formula is C10H14N2O. The molecular weight excluding hydrogens is 164 g/mol. The minimum absolute atomic E-state index is 0.199. The molecule has 0 aromatic heterocycles. The first kappa shape index (κ1) is 8.53. The van der Waals surface area contributed by atoms with E-state index in [4.69, 9.17) is 10.8 Å². The van der Waals surface area contributed by atoms with Crippen LogP contribution >= 0.6 is 0 Å². The quantitative estimate of drug-likeness (QED) is 0.583. The van der Waals surface area contributed by atoms with Crippen LogP contribution in [-0.4, -0.2) is 24.2 Å².